The minimum atomic E-state index is -0.627. The van der Waals surface area contributed by atoms with E-state index in [1.807, 2.05) is 13.8 Å². The van der Waals surface area contributed by atoms with Crippen molar-refractivity contribution in [2.75, 3.05) is 0 Å². The molecule has 0 radical (unpaired) electrons. The van der Waals surface area contributed by atoms with Crippen LogP contribution in [0.15, 0.2) is 12.2 Å². The highest BCUT2D eigenvalue weighted by Crippen LogP contribution is 2.51. The summed E-state index contributed by atoms with van der Waals surface area (Å²) in [4.78, 5) is 23.8. The predicted octanol–water partition coefficient (Wildman–Crippen LogP) is 1.33. The van der Waals surface area contributed by atoms with Gasteiger partial charge >= 0.3 is 5.97 Å². The molecule has 1 heterocycles. The lowest BCUT2D eigenvalue weighted by atomic mass is 9.78. The van der Waals surface area contributed by atoms with Crippen molar-refractivity contribution in [3.05, 3.63) is 12.2 Å². The van der Waals surface area contributed by atoms with Crippen LogP contribution in [0.5, 0.6) is 0 Å². The summed E-state index contributed by atoms with van der Waals surface area (Å²) in [6.07, 6.45) is 0.0849. The van der Waals surface area contributed by atoms with E-state index < -0.39 is 6.10 Å². The molecule has 0 aromatic heterocycles. The lowest BCUT2D eigenvalue weighted by Crippen LogP contribution is -2.32. The zero-order valence-electron chi connectivity index (χ0n) is 11.3. The molecule has 1 saturated heterocycles. The van der Waals surface area contributed by atoms with Crippen LogP contribution in [-0.2, 0) is 14.3 Å². The summed E-state index contributed by atoms with van der Waals surface area (Å²) < 4.78 is 5.54. The Kier molecular flexibility index (Phi) is 2.82. The second-order valence-corrected chi connectivity index (χ2v) is 6.32. The van der Waals surface area contributed by atoms with Crippen LogP contribution in [0.3, 0.4) is 0 Å². The predicted molar refractivity (Wildman–Crippen MR) is 68.1 cm³/mol. The largest absolute Gasteiger partial charge is 0.461 e. The zero-order valence-corrected chi connectivity index (χ0v) is 11.3. The van der Waals surface area contributed by atoms with Gasteiger partial charge in [-0.05, 0) is 17.9 Å². The second kappa shape index (κ2) is 4.17. The smallest absolute Gasteiger partial charge is 0.309 e. The Morgan fingerprint density at radius 1 is 1.26 bits per heavy atom. The number of Topliss-reactive ketones (excluding diaryl/α,β-unsaturated/α-hetero) is 1. The molecule has 104 valence electrons. The van der Waals surface area contributed by atoms with Crippen LogP contribution in [-0.4, -0.2) is 29.1 Å². The molecule has 19 heavy (non-hydrogen) atoms. The SMILES string of the molecule is C=C1[C@@H](O)C[C@@H]2[C@H](OC(=O)[C@@H]2C)[C@H]2[C@H](C)C(=O)C[C@@H]12. The maximum Gasteiger partial charge on any atom is 0.309 e. The van der Waals surface area contributed by atoms with E-state index >= 15 is 0 Å². The monoisotopic (exact) mass is 264 g/mol. The third-order valence-electron chi connectivity index (χ3n) is 5.44. The molecule has 0 unspecified atom stereocenters. The Morgan fingerprint density at radius 2 is 1.95 bits per heavy atom. The molecule has 2 saturated carbocycles. The Bertz CT molecular complexity index is 455. The van der Waals surface area contributed by atoms with Crippen molar-refractivity contribution in [2.24, 2.45) is 29.6 Å². The molecule has 4 heteroatoms. The summed E-state index contributed by atoms with van der Waals surface area (Å²) >= 11 is 0. The number of hydrogen-bond donors (Lipinski definition) is 1. The molecule has 0 aromatic rings. The number of aliphatic hydroxyl groups excluding tert-OH is 1. The second-order valence-electron chi connectivity index (χ2n) is 6.32. The highest BCUT2D eigenvalue weighted by atomic mass is 16.6. The Labute approximate surface area is 112 Å². The van der Waals surface area contributed by atoms with Gasteiger partial charge in [0.1, 0.15) is 11.9 Å². The van der Waals surface area contributed by atoms with E-state index in [1.165, 1.54) is 0 Å². The van der Waals surface area contributed by atoms with Gasteiger partial charge < -0.3 is 9.84 Å². The first-order valence-electron chi connectivity index (χ1n) is 7.01. The fourth-order valence-corrected chi connectivity index (χ4v) is 4.14. The highest BCUT2D eigenvalue weighted by molar-refractivity contribution is 5.85. The number of carbonyl (C=O) groups is 2. The van der Waals surface area contributed by atoms with Crippen molar-refractivity contribution >= 4 is 11.8 Å². The minimum Gasteiger partial charge on any atom is -0.461 e. The van der Waals surface area contributed by atoms with Crippen LogP contribution in [0.25, 0.3) is 0 Å². The van der Waals surface area contributed by atoms with E-state index in [0.717, 1.165) is 5.57 Å². The number of esters is 1. The van der Waals surface area contributed by atoms with Crippen molar-refractivity contribution < 1.29 is 19.4 Å². The summed E-state index contributed by atoms with van der Waals surface area (Å²) in [5.41, 5.74) is 0.750. The first-order chi connectivity index (χ1) is 8.91. The van der Waals surface area contributed by atoms with Gasteiger partial charge in [0, 0.05) is 24.2 Å². The van der Waals surface area contributed by atoms with E-state index in [4.69, 9.17) is 4.74 Å². The Balaban J connectivity index is 2.02. The van der Waals surface area contributed by atoms with Crippen LogP contribution < -0.4 is 0 Å². The Morgan fingerprint density at radius 3 is 2.63 bits per heavy atom. The van der Waals surface area contributed by atoms with Gasteiger partial charge in [-0.1, -0.05) is 20.4 Å². The van der Waals surface area contributed by atoms with Gasteiger partial charge in [0.05, 0.1) is 12.0 Å². The van der Waals surface area contributed by atoms with E-state index in [9.17, 15) is 14.7 Å². The van der Waals surface area contributed by atoms with Crippen LogP contribution >= 0.6 is 0 Å². The molecule has 0 aromatic carbocycles. The minimum absolute atomic E-state index is 0.00241. The molecule has 0 bridgehead atoms. The van der Waals surface area contributed by atoms with Gasteiger partial charge in [-0.25, -0.2) is 0 Å². The molecule has 3 rings (SSSR count). The third kappa shape index (κ3) is 1.69. The van der Waals surface area contributed by atoms with Crippen LogP contribution in [0.2, 0.25) is 0 Å². The maximum absolute atomic E-state index is 12.0. The Hall–Kier alpha value is -1.16. The molecule has 1 aliphatic heterocycles. The van der Waals surface area contributed by atoms with Gasteiger partial charge in [-0.15, -0.1) is 0 Å². The fourth-order valence-electron chi connectivity index (χ4n) is 4.14. The van der Waals surface area contributed by atoms with Crippen LogP contribution in [0, 0.1) is 29.6 Å². The van der Waals surface area contributed by atoms with Gasteiger partial charge in [0.2, 0.25) is 0 Å². The molecular weight excluding hydrogens is 244 g/mol. The normalized spacial score (nSPS) is 49.6. The maximum atomic E-state index is 12.0. The first kappa shape index (κ1) is 12.9. The lowest BCUT2D eigenvalue weighted by molar-refractivity contribution is -0.146. The zero-order chi connectivity index (χ0) is 13.9. The number of ketones is 1. The molecular formula is C15H20O4. The fraction of sp³-hybridized carbons (Fsp3) is 0.733. The lowest BCUT2D eigenvalue weighted by Gasteiger charge is -2.27. The average Bonchev–Trinajstić information content (AvgIpc) is 2.77. The summed E-state index contributed by atoms with van der Waals surface area (Å²) in [6.45, 7) is 7.76. The molecule has 0 spiro atoms. The summed E-state index contributed by atoms with van der Waals surface area (Å²) in [7, 11) is 0. The molecule has 7 atom stereocenters. The quantitative estimate of drug-likeness (QED) is 0.529. The van der Waals surface area contributed by atoms with Crippen LogP contribution in [0.1, 0.15) is 26.7 Å². The molecule has 0 amide bonds. The standard InChI is InChI=1S/C15H20O4/c1-6-9-4-12(17)8(3)13(9)14-10(5-11(6)16)7(2)15(18)19-14/h7-11,13-14,16H,1,4-5H2,2-3H3/t7-,8-,9+,10+,11+,13+,14+/m1/s1. The third-order valence-corrected chi connectivity index (χ3v) is 5.44. The molecule has 3 aliphatic rings. The number of aliphatic hydroxyl groups is 1. The molecule has 4 nitrogen and oxygen atoms in total. The number of fused-ring (bicyclic) bond motifs is 3. The van der Waals surface area contributed by atoms with Gasteiger partial charge in [-0.3, -0.25) is 9.59 Å². The van der Waals surface area contributed by atoms with Crippen molar-refractivity contribution in [1.29, 1.82) is 0 Å². The molecule has 3 fully saturated rings. The number of hydrogen-bond acceptors (Lipinski definition) is 4. The van der Waals surface area contributed by atoms with Gasteiger partial charge in [0.25, 0.3) is 0 Å². The summed E-state index contributed by atoms with van der Waals surface area (Å²) in [6, 6.07) is 0. The van der Waals surface area contributed by atoms with E-state index in [-0.39, 0.29) is 47.4 Å². The van der Waals surface area contributed by atoms with E-state index in [2.05, 4.69) is 6.58 Å². The highest BCUT2D eigenvalue weighted by Gasteiger charge is 2.56. The summed E-state index contributed by atoms with van der Waals surface area (Å²) in [5.74, 6) is -0.351. The van der Waals surface area contributed by atoms with Crippen molar-refractivity contribution in [1.82, 2.24) is 0 Å². The molecule has 2 aliphatic carbocycles. The number of ether oxygens (including phenoxy) is 1. The van der Waals surface area contributed by atoms with Crippen molar-refractivity contribution in [3.63, 3.8) is 0 Å². The van der Waals surface area contributed by atoms with E-state index in [0.29, 0.717) is 12.8 Å². The van der Waals surface area contributed by atoms with Crippen molar-refractivity contribution in [3.8, 4) is 0 Å². The number of rotatable bonds is 0. The average molecular weight is 264 g/mol. The van der Waals surface area contributed by atoms with Crippen LogP contribution in [0.4, 0.5) is 0 Å². The topological polar surface area (TPSA) is 63.6 Å². The molecule has 1 N–H and O–H groups in total. The first-order valence-corrected chi connectivity index (χ1v) is 7.01. The van der Waals surface area contributed by atoms with Gasteiger partial charge in [-0.2, -0.15) is 0 Å². The summed E-state index contributed by atoms with van der Waals surface area (Å²) in [5, 5.41) is 10.3. The number of carbonyl (C=O) groups excluding carboxylic acids is 2. The van der Waals surface area contributed by atoms with E-state index in [1.54, 1.807) is 0 Å². The van der Waals surface area contributed by atoms with Gasteiger partial charge in [0.15, 0.2) is 0 Å². The van der Waals surface area contributed by atoms with Crippen molar-refractivity contribution in [2.45, 2.75) is 38.9 Å².